The smallest absolute Gasteiger partial charge is 0.210 e. The van der Waals surface area contributed by atoms with Crippen LogP contribution in [0.5, 0.6) is 0 Å². The van der Waals surface area contributed by atoms with Gasteiger partial charge in [-0.1, -0.05) is 37.6 Å². The number of rotatable bonds is 3. The third kappa shape index (κ3) is 2.39. The molecule has 0 aromatic carbocycles. The molecule has 4 unspecified atom stereocenters. The standard InChI is InChI=1S/C20H30N2O/c1-16-7-3-4-10-20(16,21-11-5-2-6-12-21)17-13-18-8-9-19(14-17)22(18)15-23/h3-4,7,10,15-19H,2,5-6,8-9,11-14H2,1H3. The van der Waals surface area contributed by atoms with Crippen LogP contribution in [-0.4, -0.2) is 46.9 Å². The second kappa shape index (κ2) is 6.08. The maximum atomic E-state index is 11.4. The van der Waals surface area contributed by atoms with Crippen molar-refractivity contribution in [1.82, 2.24) is 9.80 Å². The summed E-state index contributed by atoms with van der Waals surface area (Å²) in [5.74, 6) is 1.25. The summed E-state index contributed by atoms with van der Waals surface area (Å²) < 4.78 is 0. The Morgan fingerprint density at radius 2 is 1.74 bits per heavy atom. The molecular formula is C20H30N2O. The summed E-state index contributed by atoms with van der Waals surface area (Å²) in [6.45, 7) is 4.89. The van der Waals surface area contributed by atoms with Crippen LogP contribution in [0.1, 0.15) is 51.9 Å². The predicted octanol–water partition coefficient (Wildman–Crippen LogP) is 3.37. The number of likely N-dealkylation sites (tertiary alicyclic amines) is 1. The first-order chi connectivity index (χ1) is 11.3. The van der Waals surface area contributed by atoms with E-state index in [1.54, 1.807) is 0 Å². The highest BCUT2D eigenvalue weighted by molar-refractivity contribution is 5.50. The number of allylic oxidation sites excluding steroid dienone is 2. The fourth-order valence-electron chi connectivity index (χ4n) is 5.95. The van der Waals surface area contributed by atoms with Gasteiger partial charge in [0.15, 0.2) is 0 Å². The van der Waals surface area contributed by atoms with Gasteiger partial charge in [0.05, 0.1) is 0 Å². The lowest BCUT2D eigenvalue weighted by Gasteiger charge is -2.55. The lowest BCUT2D eigenvalue weighted by molar-refractivity contribution is -0.124. The molecule has 1 amide bonds. The Bertz CT molecular complexity index is 494. The number of carbonyl (C=O) groups is 1. The van der Waals surface area contributed by atoms with Gasteiger partial charge in [-0.25, -0.2) is 0 Å². The SMILES string of the molecule is CC1C=CC=CC1(C1CC2CCC(C1)N2C=O)N1CCCCC1. The Balaban J connectivity index is 1.65. The van der Waals surface area contributed by atoms with Gasteiger partial charge in [0, 0.05) is 17.6 Å². The number of carbonyl (C=O) groups excluding carboxylic acids is 1. The third-order valence-electron chi connectivity index (χ3n) is 7.07. The van der Waals surface area contributed by atoms with E-state index in [2.05, 4.69) is 41.0 Å². The minimum atomic E-state index is 0.186. The lowest BCUT2D eigenvalue weighted by Crippen LogP contribution is -2.61. The number of hydrogen-bond donors (Lipinski definition) is 0. The summed E-state index contributed by atoms with van der Waals surface area (Å²) in [5, 5.41) is 0. The van der Waals surface area contributed by atoms with Gasteiger partial charge in [0.1, 0.15) is 0 Å². The number of hydrogen-bond acceptors (Lipinski definition) is 2. The van der Waals surface area contributed by atoms with Gasteiger partial charge in [-0.15, -0.1) is 0 Å². The molecule has 3 fully saturated rings. The zero-order chi connectivity index (χ0) is 15.9. The van der Waals surface area contributed by atoms with E-state index in [1.807, 2.05) is 0 Å². The molecule has 3 nitrogen and oxygen atoms in total. The van der Waals surface area contributed by atoms with Crippen LogP contribution in [0.3, 0.4) is 0 Å². The van der Waals surface area contributed by atoms with Gasteiger partial charge in [-0.05, 0) is 63.5 Å². The van der Waals surface area contributed by atoms with Crippen LogP contribution in [0.15, 0.2) is 24.3 Å². The maximum Gasteiger partial charge on any atom is 0.210 e. The Morgan fingerprint density at radius 1 is 1.04 bits per heavy atom. The molecule has 3 saturated heterocycles. The van der Waals surface area contributed by atoms with E-state index in [-0.39, 0.29) is 5.54 Å². The maximum absolute atomic E-state index is 11.4. The topological polar surface area (TPSA) is 23.6 Å². The van der Waals surface area contributed by atoms with Gasteiger partial charge in [-0.2, -0.15) is 0 Å². The van der Waals surface area contributed by atoms with E-state index >= 15 is 0 Å². The molecule has 2 bridgehead atoms. The molecule has 3 heterocycles. The zero-order valence-electron chi connectivity index (χ0n) is 14.4. The van der Waals surface area contributed by atoms with Crippen molar-refractivity contribution < 1.29 is 4.79 Å². The van der Waals surface area contributed by atoms with Gasteiger partial charge >= 0.3 is 0 Å². The van der Waals surface area contributed by atoms with Gasteiger partial charge in [0.25, 0.3) is 0 Å². The fourth-order valence-corrected chi connectivity index (χ4v) is 5.95. The molecular weight excluding hydrogens is 284 g/mol. The summed E-state index contributed by atoms with van der Waals surface area (Å²) in [5.41, 5.74) is 0.186. The molecule has 126 valence electrons. The molecule has 0 aromatic rings. The first-order valence-electron chi connectivity index (χ1n) is 9.59. The van der Waals surface area contributed by atoms with Crippen LogP contribution in [0.4, 0.5) is 0 Å². The fraction of sp³-hybridized carbons (Fsp3) is 0.750. The molecule has 3 heteroatoms. The molecule has 0 spiro atoms. The minimum Gasteiger partial charge on any atom is -0.339 e. The molecule has 23 heavy (non-hydrogen) atoms. The number of nitrogens with zero attached hydrogens (tertiary/aromatic N) is 2. The molecule has 4 atom stereocenters. The summed E-state index contributed by atoms with van der Waals surface area (Å²) in [6, 6.07) is 0.980. The van der Waals surface area contributed by atoms with Crippen molar-refractivity contribution in [1.29, 1.82) is 0 Å². The van der Waals surface area contributed by atoms with Crippen molar-refractivity contribution in [2.75, 3.05) is 13.1 Å². The van der Waals surface area contributed by atoms with Crippen LogP contribution in [0.25, 0.3) is 0 Å². The van der Waals surface area contributed by atoms with E-state index in [1.165, 1.54) is 58.0 Å². The molecule has 4 aliphatic rings. The first kappa shape index (κ1) is 15.4. The molecule has 0 radical (unpaired) electrons. The van der Waals surface area contributed by atoms with Crippen molar-refractivity contribution in [3.8, 4) is 0 Å². The second-order valence-electron chi connectivity index (χ2n) is 8.07. The Morgan fingerprint density at radius 3 is 2.35 bits per heavy atom. The minimum absolute atomic E-state index is 0.186. The highest BCUT2D eigenvalue weighted by Gasteiger charge is 2.52. The first-order valence-corrected chi connectivity index (χ1v) is 9.59. The van der Waals surface area contributed by atoms with E-state index in [4.69, 9.17) is 0 Å². The molecule has 1 aliphatic carbocycles. The van der Waals surface area contributed by atoms with Crippen LogP contribution in [0.2, 0.25) is 0 Å². The quantitative estimate of drug-likeness (QED) is 0.746. The van der Waals surface area contributed by atoms with Gasteiger partial charge in [0.2, 0.25) is 6.41 Å². The van der Waals surface area contributed by atoms with Crippen molar-refractivity contribution in [2.24, 2.45) is 11.8 Å². The van der Waals surface area contributed by atoms with E-state index in [0.29, 0.717) is 23.9 Å². The highest BCUT2D eigenvalue weighted by atomic mass is 16.1. The Labute approximate surface area is 140 Å². The summed E-state index contributed by atoms with van der Waals surface area (Å²) in [4.78, 5) is 16.4. The van der Waals surface area contributed by atoms with E-state index in [9.17, 15) is 4.79 Å². The van der Waals surface area contributed by atoms with Crippen LogP contribution >= 0.6 is 0 Å². The molecule has 0 saturated carbocycles. The number of amides is 1. The average molecular weight is 314 g/mol. The van der Waals surface area contributed by atoms with E-state index in [0.717, 1.165) is 6.41 Å². The second-order valence-corrected chi connectivity index (χ2v) is 8.07. The Kier molecular flexibility index (Phi) is 4.08. The summed E-state index contributed by atoms with van der Waals surface area (Å²) in [6.07, 6.45) is 19.4. The van der Waals surface area contributed by atoms with E-state index < -0.39 is 0 Å². The number of piperidine rings is 2. The molecule has 0 aromatic heterocycles. The van der Waals surface area contributed by atoms with Gasteiger partial charge < -0.3 is 4.90 Å². The molecule has 0 N–H and O–H groups in total. The van der Waals surface area contributed by atoms with Crippen molar-refractivity contribution >= 4 is 6.41 Å². The van der Waals surface area contributed by atoms with Crippen LogP contribution in [0, 0.1) is 11.8 Å². The predicted molar refractivity (Wildman–Crippen MR) is 93.0 cm³/mol. The van der Waals surface area contributed by atoms with Crippen molar-refractivity contribution in [2.45, 2.75) is 69.5 Å². The highest BCUT2D eigenvalue weighted by Crippen LogP contribution is 2.49. The molecule has 3 aliphatic heterocycles. The van der Waals surface area contributed by atoms with Crippen LogP contribution < -0.4 is 0 Å². The largest absolute Gasteiger partial charge is 0.339 e. The molecule has 4 rings (SSSR count). The third-order valence-corrected chi connectivity index (χ3v) is 7.07. The van der Waals surface area contributed by atoms with Gasteiger partial charge in [-0.3, -0.25) is 9.69 Å². The van der Waals surface area contributed by atoms with Crippen molar-refractivity contribution in [3.05, 3.63) is 24.3 Å². The monoisotopic (exact) mass is 314 g/mol. The zero-order valence-corrected chi connectivity index (χ0v) is 14.4. The van der Waals surface area contributed by atoms with Crippen molar-refractivity contribution in [3.63, 3.8) is 0 Å². The average Bonchev–Trinajstić information content (AvgIpc) is 2.84. The normalized spacial score (nSPS) is 43.8. The van der Waals surface area contributed by atoms with Crippen LogP contribution in [-0.2, 0) is 4.79 Å². The Hall–Kier alpha value is -1.09. The number of fused-ring (bicyclic) bond motifs is 2. The summed E-state index contributed by atoms with van der Waals surface area (Å²) >= 11 is 0. The summed E-state index contributed by atoms with van der Waals surface area (Å²) in [7, 11) is 0. The lowest BCUT2D eigenvalue weighted by atomic mass is 9.66.